The quantitative estimate of drug-likeness (QED) is 0.670. The first-order chi connectivity index (χ1) is 12.0. The average molecular weight is 360 g/mol. The molecule has 1 unspecified atom stereocenters. The van der Waals surface area contributed by atoms with E-state index >= 15 is 0 Å². The van der Waals surface area contributed by atoms with E-state index in [0.717, 1.165) is 5.69 Å². The molecule has 1 fully saturated rings. The molecular weight excluding hydrogens is 346 g/mol. The topological polar surface area (TPSA) is 92.5 Å². The first kappa shape index (κ1) is 16.9. The molecule has 0 aliphatic carbocycles. The zero-order valence-corrected chi connectivity index (χ0v) is 13.8. The van der Waals surface area contributed by atoms with Gasteiger partial charge in [-0.25, -0.2) is 0 Å². The molecule has 2 aromatic carbocycles. The standard InChI is InChI=1S/C17H14ClN3O4/c18-14-9-13(21(24)25)6-7-15(14)19-17(23)11-8-16(22)20(10-11)12-4-2-1-3-5-12/h1-7,9,11H,8,10H2,(H,19,23). The molecule has 1 saturated heterocycles. The summed E-state index contributed by atoms with van der Waals surface area (Å²) < 4.78 is 0. The Labute approximate surface area is 148 Å². The number of para-hydroxylation sites is 1. The minimum atomic E-state index is -0.565. The summed E-state index contributed by atoms with van der Waals surface area (Å²) in [7, 11) is 0. The van der Waals surface area contributed by atoms with Crippen molar-refractivity contribution in [3.63, 3.8) is 0 Å². The van der Waals surface area contributed by atoms with Crippen LogP contribution in [0.5, 0.6) is 0 Å². The third-order valence-corrected chi connectivity index (χ3v) is 4.30. The van der Waals surface area contributed by atoms with Crippen molar-refractivity contribution in [1.82, 2.24) is 0 Å². The largest absolute Gasteiger partial charge is 0.324 e. The van der Waals surface area contributed by atoms with Gasteiger partial charge in [-0.15, -0.1) is 0 Å². The number of benzene rings is 2. The predicted octanol–water partition coefficient (Wildman–Crippen LogP) is 3.24. The molecule has 0 aromatic heterocycles. The molecule has 0 saturated carbocycles. The van der Waals surface area contributed by atoms with E-state index in [1.165, 1.54) is 18.2 Å². The Morgan fingerprint density at radius 1 is 1.24 bits per heavy atom. The Hall–Kier alpha value is -2.93. The Morgan fingerprint density at radius 3 is 2.60 bits per heavy atom. The highest BCUT2D eigenvalue weighted by Gasteiger charge is 2.35. The van der Waals surface area contributed by atoms with E-state index in [9.17, 15) is 19.7 Å². The summed E-state index contributed by atoms with van der Waals surface area (Å²) in [5.41, 5.74) is 0.869. The lowest BCUT2D eigenvalue weighted by Gasteiger charge is -2.16. The maximum Gasteiger partial charge on any atom is 0.271 e. The molecule has 0 bridgehead atoms. The van der Waals surface area contributed by atoms with Gasteiger partial charge >= 0.3 is 0 Å². The molecule has 1 N–H and O–H groups in total. The normalized spacial score (nSPS) is 16.8. The van der Waals surface area contributed by atoms with Gasteiger partial charge in [-0.2, -0.15) is 0 Å². The van der Waals surface area contributed by atoms with Crippen molar-refractivity contribution in [1.29, 1.82) is 0 Å². The number of nitro benzene ring substituents is 1. The minimum absolute atomic E-state index is 0.0757. The molecule has 3 rings (SSSR count). The van der Waals surface area contributed by atoms with E-state index in [0.29, 0.717) is 0 Å². The third kappa shape index (κ3) is 3.61. The molecule has 128 valence electrons. The molecule has 2 amide bonds. The number of hydrogen-bond donors (Lipinski definition) is 1. The number of amides is 2. The Balaban J connectivity index is 1.70. The van der Waals surface area contributed by atoms with Crippen LogP contribution in [0.1, 0.15) is 6.42 Å². The fraction of sp³-hybridized carbons (Fsp3) is 0.176. The van der Waals surface area contributed by atoms with Crippen molar-refractivity contribution < 1.29 is 14.5 Å². The second kappa shape index (κ2) is 6.90. The molecule has 1 aliphatic heterocycles. The van der Waals surface area contributed by atoms with Gasteiger partial charge in [0, 0.05) is 30.8 Å². The number of nitrogens with one attached hydrogen (secondary N) is 1. The number of hydrogen-bond acceptors (Lipinski definition) is 4. The number of non-ortho nitro benzene ring substituents is 1. The zero-order valence-electron chi connectivity index (χ0n) is 13.0. The van der Waals surface area contributed by atoms with Crippen LogP contribution in [0.2, 0.25) is 5.02 Å². The van der Waals surface area contributed by atoms with Gasteiger partial charge in [-0.1, -0.05) is 29.8 Å². The molecule has 8 heteroatoms. The highest BCUT2D eigenvalue weighted by molar-refractivity contribution is 6.34. The second-order valence-electron chi connectivity index (χ2n) is 5.65. The molecule has 2 aromatic rings. The van der Waals surface area contributed by atoms with Crippen LogP contribution in [0.25, 0.3) is 0 Å². The molecule has 0 spiro atoms. The summed E-state index contributed by atoms with van der Waals surface area (Å²) in [6, 6.07) is 12.9. The van der Waals surface area contributed by atoms with Gasteiger partial charge in [0.1, 0.15) is 0 Å². The van der Waals surface area contributed by atoms with Crippen molar-refractivity contribution >= 4 is 40.5 Å². The Morgan fingerprint density at radius 2 is 1.96 bits per heavy atom. The third-order valence-electron chi connectivity index (χ3n) is 3.99. The number of carbonyl (C=O) groups is 2. The van der Waals surface area contributed by atoms with Crippen molar-refractivity contribution in [2.75, 3.05) is 16.8 Å². The van der Waals surface area contributed by atoms with Gasteiger partial charge in [-0.3, -0.25) is 19.7 Å². The van der Waals surface area contributed by atoms with E-state index < -0.39 is 10.8 Å². The van der Waals surface area contributed by atoms with Crippen LogP contribution >= 0.6 is 11.6 Å². The molecule has 1 atom stereocenters. The highest BCUT2D eigenvalue weighted by atomic mass is 35.5. The lowest BCUT2D eigenvalue weighted by Crippen LogP contribution is -2.28. The lowest BCUT2D eigenvalue weighted by atomic mass is 10.1. The summed E-state index contributed by atoms with van der Waals surface area (Å²) in [5.74, 6) is -0.984. The number of nitro groups is 1. The summed E-state index contributed by atoms with van der Waals surface area (Å²) in [5, 5.41) is 13.4. The SMILES string of the molecule is O=C(Nc1ccc([N+](=O)[O-])cc1Cl)C1CC(=O)N(c2ccccc2)C1. The lowest BCUT2D eigenvalue weighted by molar-refractivity contribution is -0.384. The van der Waals surface area contributed by atoms with Crippen LogP contribution < -0.4 is 10.2 Å². The van der Waals surface area contributed by atoms with Crippen molar-refractivity contribution in [2.45, 2.75) is 6.42 Å². The van der Waals surface area contributed by atoms with Crippen molar-refractivity contribution in [2.24, 2.45) is 5.92 Å². The van der Waals surface area contributed by atoms with Crippen molar-refractivity contribution in [3.8, 4) is 0 Å². The molecular formula is C17H14ClN3O4. The van der Waals surface area contributed by atoms with Crippen LogP contribution in [0, 0.1) is 16.0 Å². The maximum absolute atomic E-state index is 12.4. The van der Waals surface area contributed by atoms with Gasteiger partial charge in [0.2, 0.25) is 11.8 Å². The summed E-state index contributed by atoms with van der Waals surface area (Å²) in [4.78, 5) is 36.3. The van der Waals surface area contributed by atoms with E-state index in [1.807, 2.05) is 30.3 Å². The fourth-order valence-corrected chi connectivity index (χ4v) is 2.92. The van der Waals surface area contributed by atoms with Gasteiger partial charge < -0.3 is 10.2 Å². The van der Waals surface area contributed by atoms with E-state index in [2.05, 4.69) is 5.32 Å². The Bertz CT molecular complexity index is 841. The van der Waals surface area contributed by atoms with Crippen molar-refractivity contribution in [3.05, 3.63) is 63.7 Å². The number of halogens is 1. The van der Waals surface area contributed by atoms with Gasteiger partial charge in [-0.05, 0) is 18.2 Å². The summed E-state index contributed by atoms with van der Waals surface area (Å²) in [6.45, 7) is 0.277. The molecule has 1 aliphatic rings. The molecule has 25 heavy (non-hydrogen) atoms. The summed E-state index contributed by atoms with van der Waals surface area (Å²) >= 11 is 5.98. The first-order valence-corrected chi connectivity index (χ1v) is 7.93. The highest BCUT2D eigenvalue weighted by Crippen LogP contribution is 2.29. The van der Waals surface area contributed by atoms with Crippen LogP contribution in [0.15, 0.2) is 48.5 Å². The first-order valence-electron chi connectivity index (χ1n) is 7.56. The summed E-state index contributed by atoms with van der Waals surface area (Å²) in [6.07, 6.45) is 0.103. The van der Waals surface area contributed by atoms with Gasteiger partial charge in [0.15, 0.2) is 0 Å². The number of rotatable bonds is 4. The maximum atomic E-state index is 12.4. The minimum Gasteiger partial charge on any atom is -0.324 e. The van der Waals surface area contributed by atoms with E-state index in [4.69, 9.17) is 11.6 Å². The van der Waals surface area contributed by atoms with Crippen LogP contribution in [0.4, 0.5) is 17.1 Å². The van der Waals surface area contributed by atoms with Gasteiger partial charge in [0.05, 0.1) is 21.6 Å². The fourth-order valence-electron chi connectivity index (χ4n) is 2.69. The average Bonchev–Trinajstić information content (AvgIpc) is 2.99. The Kier molecular flexibility index (Phi) is 4.67. The molecule has 7 nitrogen and oxygen atoms in total. The number of carbonyl (C=O) groups excluding carboxylic acids is 2. The zero-order chi connectivity index (χ0) is 18.0. The van der Waals surface area contributed by atoms with Crippen LogP contribution in [-0.2, 0) is 9.59 Å². The number of nitrogens with zero attached hydrogens (tertiary/aromatic N) is 2. The molecule has 0 radical (unpaired) electrons. The monoisotopic (exact) mass is 359 g/mol. The smallest absolute Gasteiger partial charge is 0.271 e. The predicted molar refractivity (Wildman–Crippen MR) is 93.6 cm³/mol. The van der Waals surface area contributed by atoms with Gasteiger partial charge in [0.25, 0.3) is 5.69 Å². The van der Waals surface area contributed by atoms with E-state index in [-0.39, 0.29) is 41.2 Å². The van der Waals surface area contributed by atoms with Crippen LogP contribution in [-0.4, -0.2) is 23.3 Å². The molecule has 1 heterocycles. The number of anilines is 2. The van der Waals surface area contributed by atoms with Crippen LogP contribution in [0.3, 0.4) is 0 Å². The van der Waals surface area contributed by atoms with E-state index in [1.54, 1.807) is 4.90 Å². The second-order valence-corrected chi connectivity index (χ2v) is 6.06.